The van der Waals surface area contributed by atoms with Crippen molar-refractivity contribution < 1.29 is 14.3 Å². The van der Waals surface area contributed by atoms with Gasteiger partial charge >= 0.3 is 0 Å². The summed E-state index contributed by atoms with van der Waals surface area (Å²) < 4.78 is 10.5. The van der Waals surface area contributed by atoms with Gasteiger partial charge in [0, 0.05) is 12.8 Å². The lowest BCUT2D eigenvalue weighted by Crippen LogP contribution is -2.43. The van der Waals surface area contributed by atoms with E-state index in [0.717, 1.165) is 0 Å². The first kappa shape index (κ1) is 17.0. The Hall–Kier alpha value is -2.06. The number of nitrogens with zero attached hydrogens (tertiary/aromatic N) is 1. The number of amides is 1. The standard InChI is InChI=1S/C16H22N2O3/c1-11(2)9-16(3,21-5)15(19)18-13-6-7-14(20-4)12(8-13)10-17/h6-8,11H,9H2,1-5H3,(H,18,19)/t16-/m1/s1. The average Bonchev–Trinajstić information content (AvgIpc) is 2.46. The van der Waals surface area contributed by atoms with Gasteiger partial charge in [0.15, 0.2) is 0 Å². The number of carbonyl (C=O) groups excluding carboxylic acids is 1. The number of carbonyl (C=O) groups is 1. The first-order valence-corrected chi connectivity index (χ1v) is 6.81. The van der Waals surface area contributed by atoms with E-state index in [9.17, 15) is 4.79 Å². The molecule has 0 aromatic heterocycles. The Bertz CT molecular complexity index is 549. The van der Waals surface area contributed by atoms with Crippen LogP contribution in [0.15, 0.2) is 18.2 Å². The zero-order chi connectivity index (χ0) is 16.0. The van der Waals surface area contributed by atoms with Crippen molar-refractivity contribution in [2.75, 3.05) is 19.5 Å². The molecule has 0 saturated heterocycles. The van der Waals surface area contributed by atoms with Crippen molar-refractivity contribution in [1.82, 2.24) is 0 Å². The molecule has 0 aliphatic rings. The van der Waals surface area contributed by atoms with E-state index in [1.54, 1.807) is 25.1 Å². The molecule has 0 spiro atoms. The molecule has 0 fully saturated rings. The SMILES string of the molecule is COc1ccc(NC(=O)[C@@](C)(CC(C)C)OC)cc1C#N. The van der Waals surface area contributed by atoms with Crippen molar-refractivity contribution in [3.8, 4) is 11.8 Å². The molecule has 21 heavy (non-hydrogen) atoms. The van der Waals surface area contributed by atoms with Crippen LogP contribution >= 0.6 is 0 Å². The number of hydrogen-bond donors (Lipinski definition) is 1. The summed E-state index contributed by atoms with van der Waals surface area (Å²) in [5.74, 6) is 0.575. The second kappa shape index (κ2) is 7.09. The Morgan fingerprint density at radius 1 is 1.43 bits per heavy atom. The van der Waals surface area contributed by atoms with Gasteiger partial charge in [-0.05, 0) is 37.5 Å². The third kappa shape index (κ3) is 4.20. The van der Waals surface area contributed by atoms with Gasteiger partial charge in [-0.15, -0.1) is 0 Å². The lowest BCUT2D eigenvalue weighted by molar-refractivity contribution is -0.137. The molecule has 114 valence electrons. The largest absolute Gasteiger partial charge is 0.495 e. The summed E-state index contributed by atoms with van der Waals surface area (Å²) in [5.41, 5.74) is 0.0172. The third-order valence-corrected chi connectivity index (χ3v) is 3.31. The van der Waals surface area contributed by atoms with Gasteiger partial charge in [0.1, 0.15) is 17.4 Å². The normalized spacial score (nSPS) is 13.4. The average molecular weight is 290 g/mol. The Morgan fingerprint density at radius 3 is 2.57 bits per heavy atom. The quantitative estimate of drug-likeness (QED) is 0.874. The number of hydrogen-bond acceptors (Lipinski definition) is 4. The zero-order valence-corrected chi connectivity index (χ0v) is 13.2. The second-order valence-electron chi connectivity index (χ2n) is 5.51. The number of ether oxygens (including phenoxy) is 2. The summed E-state index contributed by atoms with van der Waals surface area (Å²) in [4.78, 5) is 12.4. The van der Waals surface area contributed by atoms with Crippen LogP contribution in [-0.4, -0.2) is 25.7 Å². The second-order valence-corrected chi connectivity index (χ2v) is 5.51. The number of nitrogens with one attached hydrogen (secondary N) is 1. The van der Waals surface area contributed by atoms with Crippen LogP contribution in [0.1, 0.15) is 32.8 Å². The van der Waals surface area contributed by atoms with Crippen LogP contribution in [0, 0.1) is 17.2 Å². The number of methoxy groups -OCH3 is 2. The van der Waals surface area contributed by atoms with Crippen molar-refractivity contribution in [1.29, 1.82) is 5.26 Å². The van der Waals surface area contributed by atoms with E-state index in [2.05, 4.69) is 5.32 Å². The highest BCUT2D eigenvalue weighted by Gasteiger charge is 2.33. The maximum Gasteiger partial charge on any atom is 0.256 e. The molecule has 1 aromatic carbocycles. The number of rotatable bonds is 6. The first-order valence-electron chi connectivity index (χ1n) is 6.81. The molecule has 1 atom stereocenters. The van der Waals surface area contributed by atoms with Crippen molar-refractivity contribution >= 4 is 11.6 Å². The summed E-state index contributed by atoms with van der Waals surface area (Å²) in [6.45, 7) is 5.83. The Labute approximate surface area is 125 Å². The van der Waals surface area contributed by atoms with Gasteiger partial charge in [-0.3, -0.25) is 4.79 Å². The van der Waals surface area contributed by atoms with Gasteiger partial charge in [-0.1, -0.05) is 13.8 Å². The topological polar surface area (TPSA) is 71.3 Å². The molecule has 5 heteroatoms. The van der Waals surface area contributed by atoms with Crippen LogP contribution in [0.3, 0.4) is 0 Å². The highest BCUT2D eigenvalue weighted by Crippen LogP contribution is 2.25. The van der Waals surface area contributed by atoms with E-state index in [4.69, 9.17) is 14.7 Å². The van der Waals surface area contributed by atoms with Gasteiger partial charge in [0.25, 0.3) is 5.91 Å². The monoisotopic (exact) mass is 290 g/mol. The Balaban J connectivity index is 2.95. The summed E-state index contributed by atoms with van der Waals surface area (Å²) in [7, 11) is 3.02. The van der Waals surface area contributed by atoms with Crippen LogP contribution in [0.4, 0.5) is 5.69 Å². The Kier molecular flexibility index (Phi) is 5.74. The molecule has 1 rings (SSSR count). The fraction of sp³-hybridized carbons (Fsp3) is 0.500. The summed E-state index contributed by atoms with van der Waals surface area (Å²) in [5, 5.41) is 11.9. The summed E-state index contributed by atoms with van der Waals surface area (Å²) >= 11 is 0. The molecule has 1 amide bonds. The number of anilines is 1. The molecular formula is C16H22N2O3. The van der Waals surface area contributed by atoms with Gasteiger partial charge < -0.3 is 14.8 Å². The van der Waals surface area contributed by atoms with Gasteiger partial charge in [0.2, 0.25) is 0 Å². The minimum Gasteiger partial charge on any atom is -0.495 e. The van der Waals surface area contributed by atoms with Crippen LogP contribution < -0.4 is 10.1 Å². The van der Waals surface area contributed by atoms with Gasteiger partial charge in [0.05, 0.1) is 12.7 Å². The highest BCUT2D eigenvalue weighted by molar-refractivity contribution is 5.97. The molecule has 0 saturated carbocycles. The van der Waals surface area contributed by atoms with Crippen molar-refractivity contribution in [2.45, 2.75) is 32.8 Å². The highest BCUT2D eigenvalue weighted by atomic mass is 16.5. The van der Waals surface area contributed by atoms with Crippen LogP contribution in [-0.2, 0) is 9.53 Å². The minimum atomic E-state index is -0.902. The molecule has 1 N–H and O–H groups in total. The van der Waals surface area contributed by atoms with E-state index >= 15 is 0 Å². The fourth-order valence-electron chi connectivity index (χ4n) is 2.18. The van der Waals surface area contributed by atoms with Crippen LogP contribution in [0.2, 0.25) is 0 Å². The van der Waals surface area contributed by atoms with E-state index in [1.807, 2.05) is 19.9 Å². The predicted molar refractivity (Wildman–Crippen MR) is 81.2 cm³/mol. The smallest absolute Gasteiger partial charge is 0.256 e. The van der Waals surface area contributed by atoms with E-state index < -0.39 is 5.60 Å². The molecule has 0 aliphatic carbocycles. The first-order chi connectivity index (χ1) is 9.86. The van der Waals surface area contributed by atoms with Crippen LogP contribution in [0.5, 0.6) is 5.75 Å². The van der Waals surface area contributed by atoms with Crippen molar-refractivity contribution in [3.63, 3.8) is 0 Å². The predicted octanol–water partition coefficient (Wildman–Crippen LogP) is 2.96. The van der Waals surface area contributed by atoms with E-state index in [-0.39, 0.29) is 5.91 Å². The molecule has 0 unspecified atom stereocenters. The number of benzene rings is 1. The lowest BCUT2D eigenvalue weighted by atomic mass is 9.93. The number of nitriles is 1. The molecule has 1 aromatic rings. The molecule has 5 nitrogen and oxygen atoms in total. The molecule has 0 aliphatic heterocycles. The maximum absolute atomic E-state index is 12.4. The maximum atomic E-state index is 12.4. The van der Waals surface area contributed by atoms with Crippen molar-refractivity contribution in [2.24, 2.45) is 5.92 Å². The van der Waals surface area contributed by atoms with Crippen LogP contribution in [0.25, 0.3) is 0 Å². The fourth-order valence-corrected chi connectivity index (χ4v) is 2.18. The molecule has 0 heterocycles. The Morgan fingerprint density at radius 2 is 2.10 bits per heavy atom. The van der Waals surface area contributed by atoms with E-state index in [0.29, 0.717) is 29.3 Å². The van der Waals surface area contributed by atoms with E-state index in [1.165, 1.54) is 14.2 Å². The summed E-state index contributed by atoms with van der Waals surface area (Å²) in [6, 6.07) is 6.97. The van der Waals surface area contributed by atoms with Crippen molar-refractivity contribution in [3.05, 3.63) is 23.8 Å². The summed E-state index contributed by atoms with van der Waals surface area (Å²) in [6.07, 6.45) is 0.608. The molecule has 0 bridgehead atoms. The zero-order valence-electron chi connectivity index (χ0n) is 13.2. The minimum absolute atomic E-state index is 0.229. The molecule has 0 radical (unpaired) electrons. The van der Waals surface area contributed by atoms with Gasteiger partial charge in [-0.25, -0.2) is 0 Å². The molecular weight excluding hydrogens is 268 g/mol. The third-order valence-electron chi connectivity index (χ3n) is 3.31. The van der Waals surface area contributed by atoms with Gasteiger partial charge in [-0.2, -0.15) is 5.26 Å². The lowest BCUT2D eigenvalue weighted by Gasteiger charge is -2.28.